The first-order chi connectivity index (χ1) is 29.0. The highest BCUT2D eigenvalue weighted by Gasteiger charge is 2.38. The summed E-state index contributed by atoms with van der Waals surface area (Å²) in [5, 5.41) is 35.9. The van der Waals surface area contributed by atoms with E-state index >= 15 is 0 Å². The van der Waals surface area contributed by atoms with Crippen molar-refractivity contribution in [2.75, 3.05) is 33.9 Å². The number of nitrogens with zero attached hydrogens (tertiary/aromatic N) is 4. The Hall–Kier alpha value is -5.35. The molecule has 15 nitrogen and oxygen atoms in total. The number of aromatic nitrogens is 2. The second-order valence-electron chi connectivity index (χ2n) is 17.4. The minimum atomic E-state index is -1.73. The predicted octanol–water partition coefficient (Wildman–Crippen LogP) is 4.29. The number of fused-ring (bicyclic) bond motifs is 6. The van der Waals surface area contributed by atoms with Gasteiger partial charge in [-0.15, -0.1) is 0 Å². The Bertz CT molecular complexity index is 2270. The molecule has 6 bridgehead atoms. The smallest absolute Gasteiger partial charge is 0.324 e. The monoisotopic (exact) mass is 840 g/mol. The van der Waals surface area contributed by atoms with Crippen LogP contribution in [0.4, 0.5) is 0 Å². The van der Waals surface area contributed by atoms with Gasteiger partial charge in [0.1, 0.15) is 23.9 Å². The van der Waals surface area contributed by atoms with Crippen LogP contribution in [0.25, 0.3) is 33.3 Å². The van der Waals surface area contributed by atoms with Gasteiger partial charge in [-0.25, -0.2) is 5.43 Å². The first-order valence-electron chi connectivity index (χ1n) is 21.0. The van der Waals surface area contributed by atoms with Crippen molar-refractivity contribution in [1.82, 2.24) is 30.2 Å². The maximum absolute atomic E-state index is 14.5. The van der Waals surface area contributed by atoms with Gasteiger partial charge in [-0.05, 0) is 97.7 Å². The number of rotatable bonds is 10. The number of aryl methyl sites for hydroxylation is 1. The lowest BCUT2D eigenvalue weighted by atomic mass is 9.84. The fourth-order valence-electron chi connectivity index (χ4n) is 8.70. The second kappa shape index (κ2) is 18.7. The Morgan fingerprint density at radius 3 is 2.56 bits per heavy atom. The number of benzene rings is 2. The third-order valence-electron chi connectivity index (χ3n) is 11.8. The maximum Gasteiger partial charge on any atom is 0.324 e. The molecule has 5 atom stereocenters. The molecule has 15 heteroatoms. The molecule has 1 saturated heterocycles. The van der Waals surface area contributed by atoms with E-state index in [0.717, 1.165) is 43.9 Å². The summed E-state index contributed by atoms with van der Waals surface area (Å²) in [5.74, 6) is -3.02. The highest BCUT2D eigenvalue weighted by molar-refractivity contribution is 5.96. The van der Waals surface area contributed by atoms with Crippen LogP contribution in [0.1, 0.15) is 77.3 Å². The summed E-state index contributed by atoms with van der Waals surface area (Å²) < 4.78 is 14.1. The standard InChI is InChI=1S/C46H60N6O9/c1-9-51-37-15-14-29-22-33(37)34(41(51)32-12-10-16-47-39(32)27(4)60-8)23-46(5,6)25-61-45(59)35-13-11-17-52(49-35)43(57)36(20-28-18-30(29)21-31(54)19-28)48-42(56)40(26(2)3)50(7)44(58)38(55)24-53/h10,12,14-16,18-19,21-22,26-27,35-36,38,40,49,53-55H,9,11,13,17,20,23-25H2,1-8H3,(H,48,56)/t27-,35-,36-,38?,40?/m0/s1. The molecule has 2 aromatic heterocycles. The highest BCUT2D eigenvalue weighted by atomic mass is 16.5. The van der Waals surface area contributed by atoms with Crippen molar-refractivity contribution in [1.29, 1.82) is 0 Å². The molecule has 2 aliphatic rings. The van der Waals surface area contributed by atoms with Gasteiger partial charge < -0.3 is 39.6 Å². The van der Waals surface area contributed by atoms with Crippen LogP contribution in [0.2, 0.25) is 0 Å². The Morgan fingerprint density at radius 2 is 1.87 bits per heavy atom. The maximum atomic E-state index is 14.5. The average Bonchev–Trinajstić information content (AvgIpc) is 3.54. The first kappa shape index (κ1) is 45.2. The normalized spacial score (nSPS) is 19.8. The summed E-state index contributed by atoms with van der Waals surface area (Å²) in [6.45, 7) is 11.8. The number of hydrogen-bond acceptors (Lipinski definition) is 11. The summed E-state index contributed by atoms with van der Waals surface area (Å²) in [6.07, 6.45) is 1.13. The second-order valence-corrected chi connectivity index (χ2v) is 17.4. The molecule has 4 heterocycles. The minimum absolute atomic E-state index is 0.0384. The van der Waals surface area contributed by atoms with Gasteiger partial charge in [0.25, 0.3) is 11.8 Å². The number of aliphatic hydroxyl groups excluding tert-OH is 2. The van der Waals surface area contributed by atoms with Gasteiger partial charge in [0.2, 0.25) is 5.91 Å². The van der Waals surface area contributed by atoms with Gasteiger partial charge in [0.15, 0.2) is 6.10 Å². The molecule has 0 saturated carbocycles. The fourth-order valence-corrected chi connectivity index (χ4v) is 8.70. The number of aromatic hydroxyl groups is 1. The van der Waals surface area contributed by atoms with E-state index in [2.05, 4.69) is 54.3 Å². The molecular formula is C46H60N6O9. The van der Waals surface area contributed by atoms with Gasteiger partial charge in [-0.3, -0.25) is 29.2 Å². The molecule has 5 N–H and O–H groups in total. The molecule has 2 unspecified atom stereocenters. The number of nitrogens with one attached hydrogen (secondary N) is 2. The number of carbonyl (C=O) groups excluding carboxylic acids is 4. The number of phenols is 1. The molecule has 4 aromatic rings. The Balaban J connectivity index is 1.51. The quantitative estimate of drug-likeness (QED) is 0.143. The first-order valence-corrected chi connectivity index (χ1v) is 21.0. The summed E-state index contributed by atoms with van der Waals surface area (Å²) in [7, 11) is 3.02. The number of carbonyl (C=O) groups is 4. The summed E-state index contributed by atoms with van der Waals surface area (Å²) in [6, 6.07) is 12.1. The number of phenolic OH excluding ortho intramolecular Hbond substituents is 1. The van der Waals surface area contributed by atoms with Crippen LogP contribution >= 0.6 is 0 Å². The van der Waals surface area contributed by atoms with Crippen LogP contribution in [0.5, 0.6) is 5.75 Å². The molecule has 2 aromatic carbocycles. The van der Waals surface area contributed by atoms with Gasteiger partial charge in [0, 0.05) is 61.7 Å². The minimum Gasteiger partial charge on any atom is -0.508 e. The van der Waals surface area contributed by atoms with E-state index in [0.29, 0.717) is 36.9 Å². The van der Waals surface area contributed by atoms with Crippen LogP contribution in [-0.4, -0.2) is 117 Å². The van der Waals surface area contributed by atoms with Crippen LogP contribution < -0.4 is 10.7 Å². The lowest BCUT2D eigenvalue weighted by Crippen LogP contribution is -2.62. The van der Waals surface area contributed by atoms with Crippen LogP contribution in [0.15, 0.2) is 54.7 Å². The molecule has 0 radical (unpaired) electrons. The van der Waals surface area contributed by atoms with Crippen molar-refractivity contribution >= 4 is 34.6 Å². The Morgan fingerprint density at radius 1 is 1.11 bits per heavy atom. The van der Waals surface area contributed by atoms with Crippen molar-refractivity contribution in [3.05, 3.63) is 71.5 Å². The van der Waals surface area contributed by atoms with Crippen LogP contribution in [-0.2, 0) is 48.0 Å². The number of aliphatic hydroxyl groups is 2. The molecule has 328 valence electrons. The number of esters is 1. The van der Waals surface area contributed by atoms with E-state index in [1.807, 2.05) is 25.1 Å². The lowest BCUT2D eigenvalue weighted by Gasteiger charge is -2.37. The number of amides is 3. The largest absolute Gasteiger partial charge is 0.508 e. The zero-order valence-electron chi connectivity index (χ0n) is 36.4. The number of pyridine rings is 1. The Labute approximate surface area is 357 Å². The van der Waals surface area contributed by atoms with Gasteiger partial charge in [-0.1, -0.05) is 39.8 Å². The summed E-state index contributed by atoms with van der Waals surface area (Å²) in [4.78, 5) is 61.2. The van der Waals surface area contributed by atoms with Crippen molar-refractivity contribution in [2.45, 2.75) is 104 Å². The molecule has 0 spiro atoms. The zero-order chi connectivity index (χ0) is 44.3. The fraction of sp³-hybridized carbons (Fsp3) is 0.500. The van der Waals surface area contributed by atoms with Gasteiger partial charge in [0.05, 0.1) is 30.7 Å². The van der Waals surface area contributed by atoms with Crippen LogP contribution in [0, 0.1) is 11.3 Å². The molecular weight excluding hydrogens is 781 g/mol. The van der Waals surface area contributed by atoms with Crippen molar-refractivity contribution in [3.63, 3.8) is 0 Å². The number of likely N-dealkylation sites (N-methyl/N-ethyl adjacent to an activating group) is 1. The third kappa shape index (κ3) is 9.60. The molecule has 2 aliphatic heterocycles. The average molecular weight is 841 g/mol. The number of hydrazine groups is 1. The number of ether oxygens (including phenoxy) is 2. The topological polar surface area (TPSA) is 196 Å². The zero-order valence-corrected chi connectivity index (χ0v) is 36.4. The SMILES string of the molecule is CCn1c(-c2cccnc2[C@H](C)OC)c2c3cc(ccc31)-c1cc(O)cc(c1)C[C@H](NC(=O)C(C(C)C)N(C)C(=O)C(O)CO)C(=O)N1CCC[C@H](N1)C(=O)OCC(C)(C)C2. The van der Waals surface area contributed by atoms with Gasteiger partial charge >= 0.3 is 5.97 Å². The predicted molar refractivity (Wildman–Crippen MR) is 230 cm³/mol. The number of methoxy groups -OCH3 is 1. The molecule has 61 heavy (non-hydrogen) atoms. The molecule has 6 rings (SSSR count). The molecule has 3 amide bonds. The number of hydrogen-bond donors (Lipinski definition) is 5. The van der Waals surface area contributed by atoms with E-state index in [1.165, 1.54) is 12.1 Å². The molecule has 0 aliphatic carbocycles. The van der Waals surface area contributed by atoms with Crippen molar-refractivity contribution in [2.24, 2.45) is 11.3 Å². The van der Waals surface area contributed by atoms with Crippen molar-refractivity contribution < 1.29 is 44.0 Å². The summed E-state index contributed by atoms with van der Waals surface area (Å²) >= 11 is 0. The molecule has 1 fully saturated rings. The highest BCUT2D eigenvalue weighted by Crippen LogP contribution is 2.42. The van der Waals surface area contributed by atoms with E-state index in [-0.39, 0.29) is 31.4 Å². The lowest BCUT2D eigenvalue weighted by molar-refractivity contribution is -0.155. The Kier molecular flexibility index (Phi) is 13.9. The van der Waals surface area contributed by atoms with Gasteiger partial charge in [-0.2, -0.15) is 0 Å². The van der Waals surface area contributed by atoms with Crippen LogP contribution in [0.3, 0.4) is 0 Å². The van der Waals surface area contributed by atoms with E-state index in [1.54, 1.807) is 39.3 Å². The third-order valence-corrected chi connectivity index (χ3v) is 11.8. The van der Waals surface area contributed by atoms with E-state index < -0.39 is 65.9 Å². The van der Waals surface area contributed by atoms with E-state index in [9.17, 15) is 34.5 Å². The van der Waals surface area contributed by atoms with Crippen molar-refractivity contribution in [3.8, 4) is 28.1 Å². The summed E-state index contributed by atoms with van der Waals surface area (Å²) in [5.41, 5.74) is 9.32. The number of cyclic esters (lactones) is 1. The van der Waals surface area contributed by atoms with E-state index in [4.69, 9.17) is 14.5 Å².